The molecular formula is C17H26FIN4O. The molecule has 7 heteroatoms. The van der Waals surface area contributed by atoms with Crippen LogP contribution in [0.4, 0.5) is 4.39 Å². The summed E-state index contributed by atoms with van der Waals surface area (Å²) in [7, 11) is 1.76. The number of aromatic amines is 1. The van der Waals surface area contributed by atoms with Gasteiger partial charge in [0, 0.05) is 50.5 Å². The number of aromatic nitrogens is 1. The van der Waals surface area contributed by atoms with E-state index in [1.165, 1.54) is 17.7 Å². The van der Waals surface area contributed by atoms with Gasteiger partial charge in [-0.1, -0.05) is 0 Å². The fourth-order valence-electron chi connectivity index (χ4n) is 2.43. The summed E-state index contributed by atoms with van der Waals surface area (Å²) in [6, 6.07) is 4.83. The van der Waals surface area contributed by atoms with Gasteiger partial charge in [-0.2, -0.15) is 0 Å². The molecule has 0 saturated carbocycles. The van der Waals surface area contributed by atoms with E-state index in [4.69, 9.17) is 4.74 Å². The van der Waals surface area contributed by atoms with Crippen molar-refractivity contribution in [2.24, 2.45) is 4.99 Å². The number of benzene rings is 1. The summed E-state index contributed by atoms with van der Waals surface area (Å²) in [4.78, 5) is 7.30. The first-order chi connectivity index (χ1) is 11.2. The summed E-state index contributed by atoms with van der Waals surface area (Å²) in [6.45, 7) is 5.09. The van der Waals surface area contributed by atoms with E-state index < -0.39 is 0 Å². The standard InChI is InChI=1S/C17H25FN4O.HI/c1-3-23-10-4-8-20-17(19-2)21-9-7-13-12-22-16-11-14(18)5-6-15(13)16;/h5-6,11-12,22H,3-4,7-10H2,1-2H3,(H2,19,20,21);1H. The second-order valence-corrected chi connectivity index (χ2v) is 5.23. The number of hydrogen-bond acceptors (Lipinski definition) is 2. The Morgan fingerprint density at radius 2 is 2.08 bits per heavy atom. The molecule has 0 atom stereocenters. The van der Waals surface area contributed by atoms with Crippen LogP contribution in [0.2, 0.25) is 0 Å². The summed E-state index contributed by atoms with van der Waals surface area (Å²) in [5.74, 6) is 0.563. The van der Waals surface area contributed by atoms with Crippen LogP contribution in [0.15, 0.2) is 29.4 Å². The van der Waals surface area contributed by atoms with Crippen LogP contribution < -0.4 is 10.6 Å². The summed E-state index contributed by atoms with van der Waals surface area (Å²) < 4.78 is 18.5. The Morgan fingerprint density at radius 3 is 2.83 bits per heavy atom. The molecule has 2 rings (SSSR count). The highest BCUT2D eigenvalue weighted by molar-refractivity contribution is 14.0. The van der Waals surface area contributed by atoms with Gasteiger partial charge in [-0.15, -0.1) is 24.0 Å². The molecule has 1 heterocycles. The molecule has 0 spiro atoms. The second kappa shape index (κ2) is 11.2. The Hall–Kier alpha value is -1.35. The van der Waals surface area contributed by atoms with Crippen LogP contribution in [0.25, 0.3) is 10.9 Å². The molecule has 0 saturated heterocycles. The van der Waals surface area contributed by atoms with Crippen LogP contribution in [0.1, 0.15) is 18.9 Å². The minimum Gasteiger partial charge on any atom is -0.382 e. The first-order valence-corrected chi connectivity index (χ1v) is 8.02. The van der Waals surface area contributed by atoms with E-state index in [9.17, 15) is 4.39 Å². The summed E-state index contributed by atoms with van der Waals surface area (Å²) in [5, 5.41) is 7.60. The Labute approximate surface area is 159 Å². The third kappa shape index (κ3) is 6.27. The lowest BCUT2D eigenvalue weighted by atomic mass is 10.1. The molecule has 0 unspecified atom stereocenters. The Morgan fingerprint density at radius 1 is 1.29 bits per heavy atom. The molecule has 5 nitrogen and oxygen atoms in total. The molecule has 0 radical (unpaired) electrons. The predicted molar refractivity (Wildman–Crippen MR) is 108 cm³/mol. The molecule has 134 valence electrons. The monoisotopic (exact) mass is 448 g/mol. The topological polar surface area (TPSA) is 61.4 Å². The number of nitrogens with one attached hydrogen (secondary N) is 3. The van der Waals surface area contributed by atoms with E-state index in [1.807, 2.05) is 19.2 Å². The molecule has 1 aromatic carbocycles. The van der Waals surface area contributed by atoms with Crippen molar-refractivity contribution in [2.75, 3.05) is 33.4 Å². The summed E-state index contributed by atoms with van der Waals surface area (Å²) in [6.07, 6.45) is 3.72. The number of ether oxygens (including phenoxy) is 1. The first kappa shape index (κ1) is 20.7. The molecule has 0 aliphatic rings. The zero-order valence-electron chi connectivity index (χ0n) is 14.2. The quantitative estimate of drug-likeness (QED) is 0.252. The number of rotatable bonds is 8. The third-order valence-corrected chi connectivity index (χ3v) is 3.60. The Bertz CT molecular complexity index is 645. The lowest BCUT2D eigenvalue weighted by molar-refractivity contribution is 0.145. The zero-order valence-corrected chi connectivity index (χ0v) is 16.5. The largest absolute Gasteiger partial charge is 0.382 e. The van der Waals surface area contributed by atoms with Crippen LogP contribution in [-0.2, 0) is 11.2 Å². The van der Waals surface area contributed by atoms with Crippen molar-refractivity contribution in [3.8, 4) is 0 Å². The van der Waals surface area contributed by atoms with Crippen molar-refractivity contribution in [3.63, 3.8) is 0 Å². The van der Waals surface area contributed by atoms with Crippen LogP contribution in [0.3, 0.4) is 0 Å². The Kier molecular flexibility index (Phi) is 9.70. The molecule has 0 amide bonds. The molecule has 1 aromatic heterocycles. The molecular weight excluding hydrogens is 422 g/mol. The Balaban J connectivity index is 0.00000288. The molecule has 3 N–H and O–H groups in total. The molecule has 0 aliphatic carbocycles. The van der Waals surface area contributed by atoms with Gasteiger partial charge in [0.15, 0.2) is 5.96 Å². The van der Waals surface area contributed by atoms with E-state index in [-0.39, 0.29) is 29.8 Å². The SMILES string of the molecule is CCOCCCNC(=NC)NCCc1c[nH]c2cc(F)ccc12.I. The van der Waals surface area contributed by atoms with Crippen LogP contribution in [0.5, 0.6) is 0 Å². The average molecular weight is 448 g/mol. The van der Waals surface area contributed by atoms with E-state index in [2.05, 4.69) is 20.6 Å². The van der Waals surface area contributed by atoms with E-state index >= 15 is 0 Å². The molecule has 2 aromatic rings. The van der Waals surface area contributed by atoms with E-state index in [0.717, 1.165) is 56.0 Å². The fraction of sp³-hybridized carbons (Fsp3) is 0.471. The lowest BCUT2D eigenvalue weighted by Crippen LogP contribution is -2.39. The van der Waals surface area contributed by atoms with Crippen LogP contribution in [0, 0.1) is 5.82 Å². The van der Waals surface area contributed by atoms with Crippen molar-refractivity contribution in [1.29, 1.82) is 0 Å². The van der Waals surface area contributed by atoms with E-state index in [1.54, 1.807) is 7.05 Å². The lowest BCUT2D eigenvalue weighted by Gasteiger charge is -2.11. The highest BCUT2D eigenvalue weighted by Gasteiger charge is 2.05. The maximum Gasteiger partial charge on any atom is 0.190 e. The van der Waals surface area contributed by atoms with Crippen molar-refractivity contribution >= 4 is 40.8 Å². The normalized spacial score (nSPS) is 11.4. The number of H-pyrrole nitrogens is 1. The first-order valence-electron chi connectivity index (χ1n) is 8.02. The zero-order chi connectivity index (χ0) is 16.5. The number of hydrogen-bond donors (Lipinski definition) is 3. The number of fused-ring (bicyclic) bond motifs is 1. The number of guanidine groups is 1. The van der Waals surface area contributed by atoms with Gasteiger partial charge in [-0.3, -0.25) is 4.99 Å². The van der Waals surface area contributed by atoms with Gasteiger partial charge >= 0.3 is 0 Å². The highest BCUT2D eigenvalue weighted by Crippen LogP contribution is 2.19. The van der Waals surface area contributed by atoms with Gasteiger partial charge < -0.3 is 20.4 Å². The van der Waals surface area contributed by atoms with Crippen molar-refractivity contribution in [3.05, 3.63) is 35.8 Å². The predicted octanol–water partition coefficient (Wildman–Crippen LogP) is 3.06. The van der Waals surface area contributed by atoms with Crippen LogP contribution >= 0.6 is 24.0 Å². The van der Waals surface area contributed by atoms with E-state index in [0.29, 0.717) is 0 Å². The minimum absolute atomic E-state index is 0. The van der Waals surface area contributed by atoms with Crippen molar-refractivity contribution in [2.45, 2.75) is 19.8 Å². The molecule has 0 aliphatic heterocycles. The van der Waals surface area contributed by atoms with Gasteiger partial charge in [0.1, 0.15) is 5.82 Å². The van der Waals surface area contributed by atoms with Gasteiger partial charge in [-0.05, 0) is 43.5 Å². The minimum atomic E-state index is -0.222. The van der Waals surface area contributed by atoms with Gasteiger partial charge in [0.2, 0.25) is 0 Å². The third-order valence-electron chi connectivity index (χ3n) is 3.60. The number of aliphatic imine (C=N–C) groups is 1. The summed E-state index contributed by atoms with van der Waals surface area (Å²) in [5.41, 5.74) is 2.00. The van der Waals surface area contributed by atoms with Crippen molar-refractivity contribution < 1.29 is 9.13 Å². The number of nitrogens with zero attached hydrogens (tertiary/aromatic N) is 1. The highest BCUT2D eigenvalue weighted by atomic mass is 127. The fourth-order valence-corrected chi connectivity index (χ4v) is 2.43. The smallest absolute Gasteiger partial charge is 0.190 e. The molecule has 0 fully saturated rings. The van der Waals surface area contributed by atoms with Crippen LogP contribution in [-0.4, -0.2) is 44.3 Å². The maximum absolute atomic E-state index is 13.2. The molecule has 0 bridgehead atoms. The second-order valence-electron chi connectivity index (χ2n) is 5.23. The van der Waals surface area contributed by atoms with Crippen molar-refractivity contribution in [1.82, 2.24) is 15.6 Å². The average Bonchev–Trinajstić information content (AvgIpc) is 2.95. The summed E-state index contributed by atoms with van der Waals surface area (Å²) >= 11 is 0. The van der Waals surface area contributed by atoms with Gasteiger partial charge in [0.25, 0.3) is 0 Å². The van der Waals surface area contributed by atoms with Gasteiger partial charge in [0.05, 0.1) is 0 Å². The molecule has 24 heavy (non-hydrogen) atoms. The number of halogens is 2. The van der Waals surface area contributed by atoms with Gasteiger partial charge in [-0.25, -0.2) is 4.39 Å². The maximum atomic E-state index is 13.2.